The SMILES string of the molecule is C[C@@H](O)c1ccc(Br)cc1OCc1ccccc1Br. The van der Waals surface area contributed by atoms with Crippen LogP contribution in [0.2, 0.25) is 0 Å². The molecule has 2 rings (SSSR count). The quantitative estimate of drug-likeness (QED) is 0.815. The van der Waals surface area contributed by atoms with Crippen molar-refractivity contribution in [3.63, 3.8) is 0 Å². The molecule has 2 aromatic carbocycles. The van der Waals surface area contributed by atoms with Gasteiger partial charge in [-0.15, -0.1) is 0 Å². The number of ether oxygens (including phenoxy) is 1. The van der Waals surface area contributed by atoms with Crippen LogP contribution in [0.1, 0.15) is 24.2 Å². The van der Waals surface area contributed by atoms with E-state index >= 15 is 0 Å². The summed E-state index contributed by atoms with van der Waals surface area (Å²) >= 11 is 6.91. The van der Waals surface area contributed by atoms with Crippen molar-refractivity contribution in [3.8, 4) is 5.75 Å². The van der Waals surface area contributed by atoms with E-state index in [9.17, 15) is 5.11 Å². The van der Waals surface area contributed by atoms with E-state index in [4.69, 9.17) is 4.74 Å². The second kappa shape index (κ2) is 6.55. The molecule has 0 heterocycles. The molecule has 0 saturated heterocycles. The standard InChI is InChI=1S/C15H14Br2O2/c1-10(18)13-7-6-12(16)8-15(13)19-9-11-4-2-3-5-14(11)17/h2-8,10,18H,9H2,1H3/t10-/m1/s1. The van der Waals surface area contributed by atoms with E-state index in [1.165, 1.54) is 0 Å². The number of aliphatic hydroxyl groups is 1. The lowest BCUT2D eigenvalue weighted by Gasteiger charge is -2.14. The average Bonchev–Trinajstić information content (AvgIpc) is 2.37. The first-order valence-corrected chi connectivity index (χ1v) is 7.50. The summed E-state index contributed by atoms with van der Waals surface area (Å²) in [6.45, 7) is 2.19. The van der Waals surface area contributed by atoms with Crippen molar-refractivity contribution in [3.05, 3.63) is 62.5 Å². The largest absolute Gasteiger partial charge is 0.488 e. The number of halogens is 2. The van der Waals surface area contributed by atoms with Crippen LogP contribution in [0.5, 0.6) is 5.75 Å². The van der Waals surface area contributed by atoms with Gasteiger partial charge in [-0.05, 0) is 25.1 Å². The van der Waals surface area contributed by atoms with E-state index < -0.39 is 6.10 Å². The third-order valence-electron chi connectivity index (χ3n) is 2.77. The van der Waals surface area contributed by atoms with Gasteiger partial charge in [0.1, 0.15) is 12.4 Å². The molecular weight excluding hydrogens is 372 g/mol. The Morgan fingerprint density at radius 2 is 1.89 bits per heavy atom. The summed E-state index contributed by atoms with van der Waals surface area (Å²) in [4.78, 5) is 0. The Morgan fingerprint density at radius 1 is 1.16 bits per heavy atom. The number of hydrogen-bond acceptors (Lipinski definition) is 2. The van der Waals surface area contributed by atoms with Gasteiger partial charge in [0.25, 0.3) is 0 Å². The lowest BCUT2D eigenvalue weighted by Crippen LogP contribution is -2.01. The second-order valence-corrected chi connectivity index (χ2v) is 6.01. The molecule has 0 aromatic heterocycles. The summed E-state index contributed by atoms with van der Waals surface area (Å²) in [6, 6.07) is 13.6. The highest BCUT2D eigenvalue weighted by Gasteiger charge is 2.10. The molecule has 1 N–H and O–H groups in total. The van der Waals surface area contributed by atoms with Crippen LogP contribution in [0.3, 0.4) is 0 Å². The third kappa shape index (κ3) is 3.81. The molecule has 2 aromatic rings. The molecule has 0 aliphatic carbocycles. The van der Waals surface area contributed by atoms with Crippen molar-refractivity contribution < 1.29 is 9.84 Å². The molecule has 0 amide bonds. The van der Waals surface area contributed by atoms with Gasteiger partial charge in [0.05, 0.1) is 6.10 Å². The predicted molar refractivity (Wildman–Crippen MR) is 83.2 cm³/mol. The summed E-state index contributed by atoms with van der Waals surface area (Å²) in [5.41, 5.74) is 1.86. The van der Waals surface area contributed by atoms with Crippen LogP contribution in [-0.4, -0.2) is 5.11 Å². The number of rotatable bonds is 4. The first-order chi connectivity index (χ1) is 9.08. The van der Waals surface area contributed by atoms with Gasteiger partial charge in [-0.3, -0.25) is 0 Å². The minimum atomic E-state index is -0.553. The summed E-state index contributed by atoms with van der Waals surface area (Å²) in [5, 5.41) is 9.74. The molecule has 1 atom stereocenters. The Kier molecular flexibility index (Phi) is 5.02. The zero-order chi connectivity index (χ0) is 13.8. The number of hydrogen-bond donors (Lipinski definition) is 1. The Bertz CT molecular complexity index is 568. The zero-order valence-electron chi connectivity index (χ0n) is 10.4. The summed E-state index contributed by atoms with van der Waals surface area (Å²) in [7, 11) is 0. The van der Waals surface area contributed by atoms with Gasteiger partial charge in [-0.1, -0.05) is 56.1 Å². The van der Waals surface area contributed by atoms with Gasteiger partial charge < -0.3 is 9.84 Å². The molecule has 100 valence electrons. The van der Waals surface area contributed by atoms with E-state index in [1.807, 2.05) is 42.5 Å². The van der Waals surface area contributed by atoms with Crippen LogP contribution in [0.15, 0.2) is 51.4 Å². The molecule has 0 radical (unpaired) electrons. The third-order valence-corrected chi connectivity index (χ3v) is 4.03. The highest BCUT2D eigenvalue weighted by molar-refractivity contribution is 9.10. The molecule has 0 unspecified atom stereocenters. The highest BCUT2D eigenvalue weighted by Crippen LogP contribution is 2.29. The van der Waals surface area contributed by atoms with Crippen LogP contribution in [0.4, 0.5) is 0 Å². The minimum Gasteiger partial charge on any atom is -0.488 e. The second-order valence-electron chi connectivity index (χ2n) is 4.24. The number of benzene rings is 2. The predicted octanol–water partition coefficient (Wildman–Crippen LogP) is 4.84. The van der Waals surface area contributed by atoms with Crippen molar-refractivity contribution in [2.24, 2.45) is 0 Å². The van der Waals surface area contributed by atoms with Crippen molar-refractivity contribution >= 4 is 31.9 Å². The summed E-state index contributed by atoms with van der Waals surface area (Å²) < 4.78 is 7.77. The van der Waals surface area contributed by atoms with Gasteiger partial charge >= 0.3 is 0 Å². The maximum atomic E-state index is 9.74. The van der Waals surface area contributed by atoms with Gasteiger partial charge in [0, 0.05) is 20.1 Å². The Balaban J connectivity index is 2.19. The van der Waals surface area contributed by atoms with E-state index in [0.29, 0.717) is 12.4 Å². The maximum Gasteiger partial charge on any atom is 0.126 e. The first kappa shape index (κ1) is 14.6. The molecule has 0 aliphatic heterocycles. The molecule has 0 fully saturated rings. The van der Waals surface area contributed by atoms with Gasteiger partial charge in [0.2, 0.25) is 0 Å². The fraction of sp³-hybridized carbons (Fsp3) is 0.200. The van der Waals surface area contributed by atoms with Crippen LogP contribution in [-0.2, 0) is 6.61 Å². The van der Waals surface area contributed by atoms with Crippen LogP contribution in [0, 0.1) is 0 Å². The zero-order valence-corrected chi connectivity index (χ0v) is 13.6. The van der Waals surface area contributed by atoms with Crippen molar-refractivity contribution in [1.29, 1.82) is 0 Å². The molecule has 0 aliphatic rings. The fourth-order valence-corrected chi connectivity index (χ4v) is 2.49. The van der Waals surface area contributed by atoms with Crippen LogP contribution >= 0.6 is 31.9 Å². The molecule has 0 bridgehead atoms. The lowest BCUT2D eigenvalue weighted by molar-refractivity contribution is 0.190. The van der Waals surface area contributed by atoms with Crippen molar-refractivity contribution in [2.75, 3.05) is 0 Å². The average molecular weight is 386 g/mol. The van der Waals surface area contributed by atoms with E-state index in [-0.39, 0.29) is 0 Å². The van der Waals surface area contributed by atoms with E-state index in [1.54, 1.807) is 6.92 Å². The Hall–Kier alpha value is -0.840. The van der Waals surface area contributed by atoms with Crippen LogP contribution in [0.25, 0.3) is 0 Å². The summed E-state index contributed by atoms with van der Waals surface area (Å²) in [6.07, 6.45) is -0.553. The first-order valence-electron chi connectivity index (χ1n) is 5.91. The smallest absolute Gasteiger partial charge is 0.126 e. The minimum absolute atomic E-state index is 0.456. The van der Waals surface area contributed by atoms with E-state index in [0.717, 1.165) is 20.1 Å². The van der Waals surface area contributed by atoms with Gasteiger partial charge in [-0.2, -0.15) is 0 Å². The van der Waals surface area contributed by atoms with Crippen LogP contribution < -0.4 is 4.74 Å². The Morgan fingerprint density at radius 3 is 2.58 bits per heavy atom. The molecule has 19 heavy (non-hydrogen) atoms. The van der Waals surface area contributed by atoms with Crippen molar-refractivity contribution in [2.45, 2.75) is 19.6 Å². The van der Waals surface area contributed by atoms with Gasteiger partial charge in [0.15, 0.2) is 0 Å². The Labute approximate surface area is 129 Å². The topological polar surface area (TPSA) is 29.5 Å². The molecule has 0 saturated carbocycles. The van der Waals surface area contributed by atoms with Crippen molar-refractivity contribution in [1.82, 2.24) is 0 Å². The molecule has 4 heteroatoms. The fourth-order valence-electron chi connectivity index (χ4n) is 1.75. The normalized spacial score (nSPS) is 12.2. The molecule has 0 spiro atoms. The maximum absolute atomic E-state index is 9.74. The summed E-state index contributed by atoms with van der Waals surface area (Å²) in [5.74, 6) is 0.695. The van der Waals surface area contributed by atoms with E-state index in [2.05, 4.69) is 31.9 Å². The van der Waals surface area contributed by atoms with Gasteiger partial charge in [-0.25, -0.2) is 0 Å². The highest BCUT2D eigenvalue weighted by atomic mass is 79.9. The number of aliphatic hydroxyl groups excluding tert-OH is 1. The monoisotopic (exact) mass is 384 g/mol. The molecular formula is C15H14Br2O2. The molecule has 2 nitrogen and oxygen atoms in total. The lowest BCUT2D eigenvalue weighted by atomic mass is 10.1.